The summed E-state index contributed by atoms with van der Waals surface area (Å²) in [7, 11) is 0. The van der Waals surface area contributed by atoms with E-state index in [-0.39, 0.29) is 17.0 Å². The summed E-state index contributed by atoms with van der Waals surface area (Å²) in [5.74, 6) is -1.33. The topological polar surface area (TPSA) is 76.5 Å². The highest BCUT2D eigenvalue weighted by molar-refractivity contribution is 5.84. The molecule has 0 unspecified atom stereocenters. The van der Waals surface area contributed by atoms with Crippen molar-refractivity contribution in [3.63, 3.8) is 0 Å². The van der Waals surface area contributed by atoms with Crippen LogP contribution in [0.25, 0.3) is 11.2 Å². The van der Waals surface area contributed by atoms with E-state index in [0.717, 1.165) is 0 Å². The van der Waals surface area contributed by atoms with E-state index in [1.165, 1.54) is 24.8 Å². The third-order valence-electron chi connectivity index (χ3n) is 2.53. The first-order chi connectivity index (χ1) is 10.0. The second-order valence-corrected chi connectivity index (χ2v) is 3.98. The normalized spacial score (nSPS) is 11.6. The summed E-state index contributed by atoms with van der Waals surface area (Å²) in [6.45, 7) is 0. The molecule has 0 bridgehead atoms. The SMILES string of the molecule is FC(F)(F)c1nc(Nc2ccncc2)c2nccnc2n1. The van der Waals surface area contributed by atoms with Crippen LogP contribution in [0.15, 0.2) is 36.9 Å². The van der Waals surface area contributed by atoms with E-state index in [4.69, 9.17) is 0 Å². The summed E-state index contributed by atoms with van der Waals surface area (Å²) >= 11 is 0. The van der Waals surface area contributed by atoms with Crippen LogP contribution < -0.4 is 5.32 Å². The van der Waals surface area contributed by atoms with Gasteiger partial charge in [-0.2, -0.15) is 13.2 Å². The highest BCUT2D eigenvalue weighted by atomic mass is 19.4. The van der Waals surface area contributed by atoms with E-state index < -0.39 is 12.0 Å². The Morgan fingerprint density at radius 1 is 0.905 bits per heavy atom. The second-order valence-electron chi connectivity index (χ2n) is 3.98. The van der Waals surface area contributed by atoms with Crippen molar-refractivity contribution in [3.05, 3.63) is 42.7 Å². The van der Waals surface area contributed by atoms with Crippen molar-refractivity contribution in [3.8, 4) is 0 Å². The van der Waals surface area contributed by atoms with Gasteiger partial charge in [0.15, 0.2) is 17.0 Å². The quantitative estimate of drug-likeness (QED) is 0.782. The standard InChI is InChI=1S/C12H7F3N6/c13-12(14,15)11-20-9-8(17-5-6-18-9)10(21-11)19-7-1-3-16-4-2-7/h1-6H,(H,16,18,19,20,21). The molecule has 0 spiro atoms. The Bertz CT molecular complexity index is 775. The summed E-state index contributed by atoms with van der Waals surface area (Å²) in [5.41, 5.74) is 0.558. The van der Waals surface area contributed by atoms with Crippen molar-refractivity contribution >= 4 is 22.7 Å². The molecular weight excluding hydrogens is 285 g/mol. The van der Waals surface area contributed by atoms with Crippen molar-refractivity contribution in [2.75, 3.05) is 5.32 Å². The highest BCUT2D eigenvalue weighted by Crippen LogP contribution is 2.29. The monoisotopic (exact) mass is 292 g/mol. The molecule has 0 radical (unpaired) electrons. The van der Waals surface area contributed by atoms with Gasteiger partial charge in [-0.25, -0.2) is 19.9 Å². The van der Waals surface area contributed by atoms with Gasteiger partial charge in [-0.1, -0.05) is 0 Å². The molecule has 3 aromatic heterocycles. The van der Waals surface area contributed by atoms with Crippen molar-refractivity contribution in [1.82, 2.24) is 24.9 Å². The summed E-state index contributed by atoms with van der Waals surface area (Å²) in [6, 6.07) is 3.19. The Balaban J connectivity index is 2.15. The first-order valence-electron chi connectivity index (χ1n) is 5.77. The van der Waals surface area contributed by atoms with E-state index in [0.29, 0.717) is 5.69 Å². The van der Waals surface area contributed by atoms with Crippen LogP contribution >= 0.6 is 0 Å². The fourth-order valence-corrected chi connectivity index (χ4v) is 1.65. The smallest absolute Gasteiger partial charge is 0.338 e. The Morgan fingerprint density at radius 2 is 1.62 bits per heavy atom. The van der Waals surface area contributed by atoms with E-state index in [1.54, 1.807) is 12.1 Å². The fourth-order valence-electron chi connectivity index (χ4n) is 1.65. The summed E-state index contributed by atoms with van der Waals surface area (Å²) in [6.07, 6.45) is 0.965. The molecule has 9 heteroatoms. The van der Waals surface area contributed by atoms with Crippen LogP contribution in [0.1, 0.15) is 5.82 Å². The van der Waals surface area contributed by atoms with Crippen molar-refractivity contribution in [2.24, 2.45) is 0 Å². The van der Waals surface area contributed by atoms with Gasteiger partial charge in [0, 0.05) is 30.5 Å². The van der Waals surface area contributed by atoms with Crippen LogP contribution in [0, 0.1) is 0 Å². The predicted octanol–water partition coefficient (Wildman–Crippen LogP) is 2.58. The Hall–Kier alpha value is -2.84. The van der Waals surface area contributed by atoms with Gasteiger partial charge in [0.05, 0.1) is 0 Å². The number of aromatic nitrogens is 5. The first-order valence-corrected chi connectivity index (χ1v) is 5.77. The average Bonchev–Trinajstić information content (AvgIpc) is 2.47. The van der Waals surface area contributed by atoms with Gasteiger partial charge in [0.25, 0.3) is 0 Å². The summed E-state index contributed by atoms with van der Waals surface area (Å²) in [4.78, 5) is 18.5. The van der Waals surface area contributed by atoms with Crippen molar-refractivity contribution < 1.29 is 13.2 Å². The molecule has 0 aliphatic heterocycles. The van der Waals surface area contributed by atoms with Gasteiger partial charge in [0.2, 0.25) is 5.82 Å². The molecule has 106 valence electrons. The molecule has 0 saturated heterocycles. The molecule has 0 aromatic carbocycles. The molecule has 0 saturated carbocycles. The predicted molar refractivity (Wildman–Crippen MR) is 67.6 cm³/mol. The van der Waals surface area contributed by atoms with Crippen LogP contribution in [0.2, 0.25) is 0 Å². The van der Waals surface area contributed by atoms with Crippen molar-refractivity contribution in [1.29, 1.82) is 0 Å². The zero-order chi connectivity index (χ0) is 14.9. The summed E-state index contributed by atoms with van der Waals surface area (Å²) in [5, 5.41) is 2.77. The van der Waals surface area contributed by atoms with E-state index in [2.05, 4.69) is 30.2 Å². The van der Waals surface area contributed by atoms with Crippen LogP contribution in [-0.2, 0) is 6.18 Å². The Kier molecular flexibility index (Phi) is 3.09. The number of pyridine rings is 1. The number of hydrogen-bond donors (Lipinski definition) is 1. The molecule has 3 rings (SSSR count). The molecule has 3 aromatic rings. The lowest BCUT2D eigenvalue weighted by Crippen LogP contribution is -2.13. The lowest BCUT2D eigenvalue weighted by atomic mass is 10.3. The Labute approximate surface area is 116 Å². The van der Waals surface area contributed by atoms with Gasteiger partial charge in [-0.3, -0.25) is 4.98 Å². The van der Waals surface area contributed by atoms with Gasteiger partial charge >= 0.3 is 6.18 Å². The fraction of sp³-hybridized carbons (Fsp3) is 0.0833. The zero-order valence-corrected chi connectivity index (χ0v) is 10.3. The number of hydrogen-bond acceptors (Lipinski definition) is 6. The van der Waals surface area contributed by atoms with Crippen LogP contribution in [-0.4, -0.2) is 24.9 Å². The second kappa shape index (κ2) is 4.93. The zero-order valence-electron chi connectivity index (χ0n) is 10.3. The highest BCUT2D eigenvalue weighted by Gasteiger charge is 2.36. The molecule has 21 heavy (non-hydrogen) atoms. The maximum Gasteiger partial charge on any atom is 0.451 e. The van der Waals surface area contributed by atoms with Crippen LogP contribution in [0.5, 0.6) is 0 Å². The molecule has 6 nitrogen and oxygen atoms in total. The van der Waals surface area contributed by atoms with Gasteiger partial charge in [0.1, 0.15) is 0 Å². The van der Waals surface area contributed by atoms with Crippen molar-refractivity contribution in [2.45, 2.75) is 6.18 Å². The first kappa shape index (κ1) is 13.2. The number of rotatable bonds is 2. The molecule has 0 aliphatic rings. The lowest BCUT2D eigenvalue weighted by Gasteiger charge is -2.10. The number of nitrogens with one attached hydrogen (secondary N) is 1. The maximum absolute atomic E-state index is 12.8. The summed E-state index contributed by atoms with van der Waals surface area (Å²) < 4.78 is 38.5. The average molecular weight is 292 g/mol. The third-order valence-corrected chi connectivity index (χ3v) is 2.53. The molecule has 0 amide bonds. The number of anilines is 2. The molecule has 0 atom stereocenters. The van der Waals surface area contributed by atoms with Crippen LogP contribution in [0.3, 0.4) is 0 Å². The van der Waals surface area contributed by atoms with E-state index in [9.17, 15) is 13.2 Å². The molecule has 0 aliphatic carbocycles. The largest absolute Gasteiger partial charge is 0.451 e. The molecular formula is C12H7F3N6. The lowest BCUT2D eigenvalue weighted by molar-refractivity contribution is -0.144. The third kappa shape index (κ3) is 2.71. The Morgan fingerprint density at radius 3 is 2.33 bits per heavy atom. The minimum atomic E-state index is -4.67. The molecule has 3 heterocycles. The van der Waals surface area contributed by atoms with Gasteiger partial charge in [-0.05, 0) is 12.1 Å². The minimum absolute atomic E-state index is 0.0633. The van der Waals surface area contributed by atoms with Gasteiger partial charge in [-0.15, -0.1) is 0 Å². The van der Waals surface area contributed by atoms with E-state index >= 15 is 0 Å². The minimum Gasteiger partial charge on any atom is -0.338 e. The molecule has 0 fully saturated rings. The number of halogens is 3. The van der Waals surface area contributed by atoms with Crippen LogP contribution in [0.4, 0.5) is 24.7 Å². The van der Waals surface area contributed by atoms with Gasteiger partial charge < -0.3 is 5.32 Å². The molecule has 1 N–H and O–H groups in total. The maximum atomic E-state index is 12.8. The number of alkyl halides is 3. The number of nitrogens with zero attached hydrogens (tertiary/aromatic N) is 5. The number of fused-ring (bicyclic) bond motifs is 1. The van der Waals surface area contributed by atoms with E-state index in [1.807, 2.05) is 0 Å².